The van der Waals surface area contributed by atoms with Gasteiger partial charge in [-0.2, -0.15) is 0 Å². The molecule has 0 spiro atoms. The zero-order valence-electron chi connectivity index (χ0n) is 15.1. The van der Waals surface area contributed by atoms with Crippen LogP contribution in [0, 0.1) is 13.8 Å². The number of methoxy groups -OCH3 is 1. The van der Waals surface area contributed by atoms with Crippen LogP contribution in [0.25, 0.3) is 0 Å². The maximum atomic E-state index is 12.9. The lowest BCUT2D eigenvalue weighted by atomic mass is 9.76. The molecule has 1 aliphatic rings. The molecule has 1 amide bonds. The van der Waals surface area contributed by atoms with E-state index in [0.717, 1.165) is 37.0 Å². The van der Waals surface area contributed by atoms with Gasteiger partial charge >= 0.3 is 0 Å². The lowest BCUT2D eigenvalue weighted by molar-refractivity contribution is 0.0864. The van der Waals surface area contributed by atoms with E-state index in [1.54, 1.807) is 13.3 Å². The molecule has 1 aliphatic carbocycles. The van der Waals surface area contributed by atoms with E-state index in [-0.39, 0.29) is 11.4 Å². The second-order valence-corrected chi connectivity index (χ2v) is 6.74. The fraction of sp³-hybridized carbons (Fsp3) is 0.450. The summed E-state index contributed by atoms with van der Waals surface area (Å²) in [4.78, 5) is 21.4. The van der Waals surface area contributed by atoms with E-state index >= 15 is 0 Å². The second kappa shape index (κ2) is 7.21. The van der Waals surface area contributed by atoms with E-state index in [0.29, 0.717) is 17.1 Å². The number of hydrogen-bond donors (Lipinski definition) is 1. The Labute approximate surface area is 148 Å². The fourth-order valence-electron chi connectivity index (χ4n) is 3.64. The number of hydrogen-bond acceptors (Lipinski definition) is 4. The number of nitrogens with one attached hydrogen (secondary N) is 1. The standard InChI is InChI=1S/C20H25N3O2/c1-14-18(13-21-15(2)22-14)19(24)23-20(11-5-4-6-12-20)16-7-9-17(25-3)10-8-16/h7-10,13H,4-6,11-12H2,1-3H3,(H,23,24). The topological polar surface area (TPSA) is 64.1 Å². The minimum atomic E-state index is -0.334. The largest absolute Gasteiger partial charge is 0.497 e. The first-order chi connectivity index (χ1) is 12.0. The normalized spacial score (nSPS) is 16.3. The summed E-state index contributed by atoms with van der Waals surface area (Å²) >= 11 is 0. The first kappa shape index (κ1) is 17.4. The highest BCUT2D eigenvalue weighted by Gasteiger charge is 2.36. The molecule has 3 rings (SSSR count). The number of amides is 1. The Bertz CT molecular complexity index is 750. The molecule has 132 valence electrons. The van der Waals surface area contributed by atoms with Gasteiger partial charge < -0.3 is 10.1 Å². The van der Waals surface area contributed by atoms with Crippen LogP contribution in [0.2, 0.25) is 0 Å². The van der Waals surface area contributed by atoms with Gasteiger partial charge in [0, 0.05) is 6.20 Å². The Kier molecular flexibility index (Phi) is 5.02. The first-order valence-electron chi connectivity index (χ1n) is 8.81. The van der Waals surface area contributed by atoms with E-state index in [9.17, 15) is 4.79 Å². The van der Waals surface area contributed by atoms with Gasteiger partial charge in [0.25, 0.3) is 5.91 Å². The van der Waals surface area contributed by atoms with Crippen LogP contribution in [0.4, 0.5) is 0 Å². The Morgan fingerprint density at radius 1 is 1.12 bits per heavy atom. The highest BCUT2D eigenvalue weighted by molar-refractivity contribution is 5.95. The number of aryl methyl sites for hydroxylation is 2. The predicted molar refractivity (Wildman–Crippen MR) is 96.7 cm³/mol. The Balaban J connectivity index is 1.91. The molecule has 1 fully saturated rings. The quantitative estimate of drug-likeness (QED) is 0.923. The van der Waals surface area contributed by atoms with Crippen LogP contribution in [0.3, 0.4) is 0 Å². The number of benzene rings is 1. The highest BCUT2D eigenvalue weighted by atomic mass is 16.5. The molecular weight excluding hydrogens is 314 g/mol. The number of nitrogens with zero attached hydrogens (tertiary/aromatic N) is 2. The van der Waals surface area contributed by atoms with E-state index in [2.05, 4.69) is 27.4 Å². The van der Waals surface area contributed by atoms with Crippen LogP contribution < -0.4 is 10.1 Å². The number of ether oxygens (including phenoxy) is 1. The summed E-state index contributed by atoms with van der Waals surface area (Å²) in [6.07, 6.45) is 6.93. The third kappa shape index (κ3) is 3.65. The molecule has 5 heteroatoms. The van der Waals surface area contributed by atoms with Gasteiger partial charge in [0.1, 0.15) is 11.6 Å². The summed E-state index contributed by atoms with van der Waals surface area (Å²) in [7, 11) is 1.66. The molecule has 1 aromatic heterocycles. The van der Waals surface area contributed by atoms with Crippen molar-refractivity contribution >= 4 is 5.91 Å². The van der Waals surface area contributed by atoms with Gasteiger partial charge in [-0.3, -0.25) is 4.79 Å². The van der Waals surface area contributed by atoms with Crippen molar-refractivity contribution in [3.63, 3.8) is 0 Å². The van der Waals surface area contributed by atoms with Crippen LogP contribution >= 0.6 is 0 Å². The first-order valence-corrected chi connectivity index (χ1v) is 8.81. The number of carbonyl (C=O) groups is 1. The molecule has 0 unspecified atom stereocenters. The van der Waals surface area contributed by atoms with Crippen LogP contribution in [0.5, 0.6) is 5.75 Å². The summed E-state index contributed by atoms with van der Waals surface area (Å²) in [6, 6.07) is 8.03. The average Bonchev–Trinajstić information content (AvgIpc) is 2.62. The zero-order chi connectivity index (χ0) is 17.9. The molecule has 0 radical (unpaired) electrons. The van der Waals surface area contributed by atoms with Gasteiger partial charge in [-0.25, -0.2) is 9.97 Å². The molecule has 25 heavy (non-hydrogen) atoms. The van der Waals surface area contributed by atoms with Crippen molar-refractivity contribution in [2.45, 2.75) is 51.5 Å². The maximum absolute atomic E-state index is 12.9. The predicted octanol–water partition coefficient (Wildman–Crippen LogP) is 3.69. The van der Waals surface area contributed by atoms with Crippen molar-refractivity contribution in [1.29, 1.82) is 0 Å². The number of carbonyl (C=O) groups excluding carboxylic acids is 1. The average molecular weight is 339 g/mol. The van der Waals surface area contributed by atoms with Gasteiger partial charge in [-0.15, -0.1) is 0 Å². The Morgan fingerprint density at radius 2 is 1.80 bits per heavy atom. The lowest BCUT2D eigenvalue weighted by Crippen LogP contribution is -2.47. The van der Waals surface area contributed by atoms with E-state index < -0.39 is 0 Å². The minimum Gasteiger partial charge on any atom is -0.497 e. The Hall–Kier alpha value is -2.43. The zero-order valence-corrected chi connectivity index (χ0v) is 15.1. The molecule has 1 aromatic carbocycles. The van der Waals surface area contributed by atoms with Crippen molar-refractivity contribution in [3.05, 3.63) is 53.1 Å². The summed E-state index contributed by atoms with van der Waals surface area (Å²) in [5, 5.41) is 3.30. The Morgan fingerprint density at radius 3 is 2.40 bits per heavy atom. The van der Waals surface area contributed by atoms with Crippen LogP contribution in [-0.4, -0.2) is 23.0 Å². The summed E-state index contributed by atoms with van der Waals surface area (Å²) < 4.78 is 5.26. The second-order valence-electron chi connectivity index (χ2n) is 6.74. The molecule has 1 saturated carbocycles. The van der Waals surface area contributed by atoms with Crippen molar-refractivity contribution in [2.75, 3.05) is 7.11 Å². The minimum absolute atomic E-state index is 0.102. The molecule has 1 heterocycles. The van der Waals surface area contributed by atoms with E-state index in [1.165, 1.54) is 6.42 Å². The molecule has 0 aliphatic heterocycles. The smallest absolute Gasteiger partial charge is 0.255 e. The summed E-state index contributed by atoms with van der Waals surface area (Å²) in [6.45, 7) is 3.68. The maximum Gasteiger partial charge on any atom is 0.255 e. The number of aromatic nitrogens is 2. The van der Waals surface area contributed by atoms with Gasteiger partial charge in [-0.1, -0.05) is 31.4 Å². The van der Waals surface area contributed by atoms with Crippen LogP contribution in [0.1, 0.15) is 59.5 Å². The van der Waals surface area contributed by atoms with Gasteiger partial charge in [0.15, 0.2) is 0 Å². The van der Waals surface area contributed by atoms with Crippen molar-refractivity contribution < 1.29 is 9.53 Å². The third-order valence-corrected chi connectivity index (χ3v) is 5.05. The molecule has 2 aromatic rings. The monoisotopic (exact) mass is 339 g/mol. The highest BCUT2D eigenvalue weighted by Crippen LogP contribution is 2.38. The van der Waals surface area contributed by atoms with Gasteiger partial charge in [0.05, 0.1) is 23.9 Å². The van der Waals surface area contributed by atoms with Crippen molar-refractivity contribution in [3.8, 4) is 5.75 Å². The van der Waals surface area contributed by atoms with Gasteiger partial charge in [-0.05, 0) is 44.4 Å². The molecule has 0 saturated heterocycles. The molecule has 5 nitrogen and oxygen atoms in total. The van der Waals surface area contributed by atoms with Gasteiger partial charge in [0.2, 0.25) is 0 Å². The van der Waals surface area contributed by atoms with Crippen molar-refractivity contribution in [1.82, 2.24) is 15.3 Å². The fourth-order valence-corrected chi connectivity index (χ4v) is 3.64. The molecule has 0 atom stereocenters. The van der Waals surface area contributed by atoms with Crippen molar-refractivity contribution in [2.24, 2.45) is 0 Å². The third-order valence-electron chi connectivity index (χ3n) is 5.05. The molecule has 0 bridgehead atoms. The summed E-state index contributed by atoms with van der Waals surface area (Å²) in [5.74, 6) is 1.40. The molecule has 1 N–H and O–H groups in total. The SMILES string of the molecule is COc1ccc(C2(NC(=O)c3cnc(C)nc3C)CCCCC2)cc1. The van der Waals surface area contributed by atoms with E-state index in [4.69, 9.17) is 4.74 Å². The summed E-state index contributed by atoms with van der Waals surface area (Å²) in [5.41, 5.74) is 2.06. The van der Waals surface area contributed by atoms with E-state index in [1.807, 2.05) is 26.0 Å². The number of rotatable bonds is 4. The molecular formula is C20H25N3O2. The van der Waals surface area contributed by atoms with Crippen LogP contribution in [0.15, 0.2) is 30.5 Å². The van der Waals surface area contributed by atoms with Crippen LogP contribution in [-0.2, 0) is 5.54 Å². The lowest BCUT2D eigenvalue weighted by Gasteiger charge is -2.39.